The minimum absolute atomic E-state index is 0.172. The van der Waals surface area contributed by atoms with Gasteiger partial charge >= 0.3 is 5.97 Å². The Morgan fingerprint density at radius 2 is 2.24 bits per heavy atom. The predicted octanol–water partition coefficient (Wildman–Crippen LogP) is 2.04. The topological polar surface area (TPSA) is 61.5 Å². The molecule has 0 aliphatic rings. The first-order chi connectivity index (χ1) is 8.17. The van der Waals surface area contributed by atoms with E-state index in [9.17, 15) is 4.79 Å². The van der Waals surface area contributed by atoms with Gasteiger partial charge in [0.2, 0.25) is 0 Å². The fourth-order valence-corrected chi connectivity index (χ4v) is 1.54. The molecule has 1 aromatic rings. The van der Waals surface area contributed by atoms with Gasteiger partial charge in [0.1, 0.15) is 5.75 Å². The van der Waals surface area contributed by atoms with Gasteiger partial charge in [0.15, 0.2) is 0 Å². The molecule has 0 aliphatic heterocycles. The van der Waals surface area contributed by atoms with E-state index in [2.05, 4.69) is 4.74 Å². The number of hydrogen-bond acceptors (Lipinski definition) is 4. The average Bonchev–Trinajstić information content (AvgIpc) is 2.36. The molecule has 0 spiro atoms. The van der Waals surface area contributed by atoms with Crippen LogP contribution in [0.5, 0.6) is 5.75 Å². The van der Waals surface area contributed by atoms with Gasteiger partial charge < -0.3 is 15.2 Å². The second kappa shape index (κ2) is 6.91. The summed E-state index contributed by atoms with van der Waals surface area (Å²) in [6.07, 6.45) is 0.902. The molecule has 2 N–H and O–H groups in total. The highest BCUT2D eigenvalue weighted by molar-refractivity contribution is 5.69. The first kappa shape index (κ1) is 13.5. The van der Waals surface area contributed by atoms with Crippen molar-refractivity contribution in [3.05, 3.63) is 29.8 Å². The predicted molar refractivity (Wildman–Crippen MR) is 65.8 cm³/mol. The number of nitrogens with two attached hydrogens (primary N) is 1. The summed E-state index contributed by atoms with van der Waals surface area (Å²) in [5.41, 5.74) is 6.97. The summed E-state index contributed by atoms with van der Waals surface area (Å²) in [6.45, 7) is 2.56. The second-order valence-corrected chi connectivity index (χ2v) is 3.73. The van der Waals surface area contributed by atoms with E-state index in [0.29, 0.717) is 19.4 Å². The van der Waals surface area contributed by atoms with Gasteiger partial charge in [-0.1, -0.05) is 12.1 Å². The number of rotatable bonds is 6. The van der Waals surface area contributed by atoms with E-state index in [1.807, 2.05) is 31.2 Å². The van der Waals surface area contributed by atoms with Crippen molar-refractivity contribution in [1.82, 2.24) is 0 Å². The van der Waals surface area contributed by atoms with Crippen LogP contribution < -0.4 is 10.5 Å². The van der Waals surface area contributed by atoms with Crippen molar-refractivity contribution in [2.75, 3.05) is 13.7 Å². The number of carbonyl (C=O) groups excluding carboxylic acids is 1. The quantitative estimate of drug-likeness (QED) is 0.769. The van der Waals surface area contributed by atoms with Gasteiger partial charge in [-0.25, -0.2) is 0 Å². The lowest BCUT2D eigenvalue weighted by molar-refractivity contribution is -0.140. The van der Waals surface area contributed by atoms with Gasteiger partial charge in [0, 0.05) is 12.5 Å². The Labute approximate surface area is 102 Å². The zero-order valence-electron chi connectivity index (χ0n) is 10.3. The van der Waals surface area contributed by atoms with Crippen molar-refractivity contribution in [2.45, 2.75) is 25.8 Å². The van der Waals surface area contributed by atoms with Gasteiger partial charge in [-0.3, -0.25) is 4.79 Å². The van der Waals surface area contributed by atoms with E-state index in [4.69, 9.17) is 10.5 Å². The summed E-state index contributed by atoms with van der Waals surface area (Å²) in [4.78, 5) is 11.0. The lowest BCUT2D eigenvalue weighted by Crippen LogP contribution is -2.13. The first-order valence-electron chi connectivity index (χ1n) is 5.72. The fourth-order valence-electron chi connectivity index (χ4n) is 1.54. The van der Waals surface area contributed by atoms with E-state index in [-0.39, 0.29) is 12.0 Å². The smallest absolute Gasteiger partial charge is 0.305 e. The number of carbonyl (C=O) groups is 1. The third-order valence-electron chi connectivity index (χ3n) is 2.48. The van der Waals surface area contributed by atoms with Crippen LogP contribution in [0.2, 0.25) is 0 Å². The van der Waals surface area contributed by atoms with Crippen molar-refractivity contribution in [2.24, 2.45) is 5.73 Å². The molecule has 0 heterocycles. The van der Waals surface area contributed by atoms with Crippen LogP contribution in [0.1, 0.15) is 31.4 Å². The minimum Gasteiger partial charge on any atom is -0.494 e. The van der Waals surface area contributed by atoms with Crippen LogP contribution in [0.3, 0.4) is 0 Å². The standard InChI is InChI=1S/C13H19NO3/c1-3-17-11-6-4-5-10(9-11)12(14)7-8-13(15)16-2/h4-6,9,12H,3,7-8,14H2,1-2H3. The second-order valence-electron chi connectivity index (χ2n) is 3.73. The molecule has 1 rings (SSSR count). The Bertz CT molecular complexity index is 365. The van der Waals surface area contributed by atoms with Crippen LogP contribution in [0.4, 0.5) is 0 Å². The number of benzene rings is 1. The molecule has 1 unspecified atom stereocenters. The van der Waals surface area contributed by atoms with Crippen LogP contribution in [-0.4, -0.2) is 19.7 Å². The normalized spacial score (nSPS) is 11.9. The average molecular weight is 237 g/mol. The summed E-state index contributed by atoms with van der Waals surface area (Å²) in [5.74, 6) is 0.569. The van der Waals surface area contributed by atoms with Crippen molar-refractivity contribution in [1.29, 1.82) is 0 Å². The Kier molecular flexibility index (Phi) is 5.49. The van der Waals surface area contributed by atoms with Crippen molar-refractivity contribution in [3.63, 3.8) is 0 Å². The van der Waals surface area contributed by atoms with Gasteiger partial charge in [-0.2, -0.15) is 0 Å². The molecular weight excluding hydrogens is 218 g/mol. The highest BCUT2D eigenvalue weighted by Gasteiger charge is 2.10. The molecule has 0 aromatic heterocycles. The molecule has 94 valence electrons. The van der Waals surface area contributed by atoms with Crippen molar-refractivity contribution >= 4 is 5.97 Å². The van der Waals surface area contributed by atoms with Gasteiger partial charge in [-0.05, 0) is 31.0 Å². The number of methoxy groups -OCH3 is 1. The summed E-state index contributed by atoms with van der Waals surface area (Å²) in [5, 5.41) is 0. The summed E-state index contributed by atoms with van der Waals surface area (Å²) in [6, 6.07) is 7.46. The van der Waals surface area contributed by atoms with Crippen molar-refractivity contribution in [3.8, 4) is 5.75 Å². The lowest BCUT2D eigenvalue weighted by atomic mass is 10.0. The van der Waals surface area contributed by atoms with E-state index >= 15 is 0 Å². The summed E-state index contributed by atoms with van der Waals surface area (Å²) in [7, 11) is 1.38. The number of ether oxygens (including phenoxy) is 2. The van der Waals surface area contributed by atoms with E-state index in [1.54, 1.807) is 0 Å². The molecule has 0 fully saturated rings. The molecule has 0 saturated carbocycles. The number of esters is 1. The Morgan fingerprint density at radius 3 is 2.88 bits per heavy atom. The first-order valence-corrected chi connectivity index (χ1v) is 5.72. The third-order valence-corrected chi connectivity index (χ3v) is 2.48. The Hall–Kier alpha value is -1.55. The minimum atomic E-state index is -0.235. The maximum Gasteiger partial charge on any atom is 0.305 e. The molecule has 0 saturated heterocycles. The van der Waals surface area contributed by atoms with Crippen LogP contribution in [0.25, 0.3) is 0 Å². The van der Waals surface area contributed by atoms with Crippen LogP contribution >= 0.6 is 0 Å². The molecule has 0 bridgehead atoms. The molecule has 4 heteroatoms. The molecule has 4 nitrogen and oxygen atoms in total. The molecular formula is C13H19NO3. The lowest BCUT2D eigenvalue weighted by Gasteiger charge is -2.12. The highest BCUT2D eigenvalue weighted by atomic mass is 16.5. The fraction of sp³-hybridized carbons (Fsp3) is 0.462. The third kappa shape index (κ3) is 4.44. The van der Waals surface area contributed by atoms with Gasteiger partial charge in [0.25, 0.3) is 0 Å². The van der Waals surface area contributed by atoms with Gasteiger partial charge in [0.05, 0.1) is 13.7 Å². The maximum atomic E-state index is 11.0. The van der Waals surface area contributed by atoms with E-state index < -0.39 is 0 Å². The zero-order valence-corrected chi connectivity index (χ0v) is 10.3. The summed E-state index contributed by atoms with van der Waals surface area (Å²) < 4.78 is 9.98. The highest BCUT2D eigenvalue weighted by Crippen LogP contribution is 2.21. The molecule has 0 aliphatic carbocycles. The zero-order chi connectivity index (χ0) is 12.7. The molecule has 0 amide bonds. The van der Waals surface area contributed by atoms with E-state index in [0.717, 1.165) is 11.3 Å². The van der Waals surface area contributed by atoms with Crippen LogP contribution in [0, 0.1) is 0 Å². The molecule has 17 heavy (non-hydrogen) atoms. The van der Waals surface area contributed by atoms with Gasteiger partial charge in [-0.15, -0.1) is 0 Å². The molecule has 1 aromatic carbocycles. The van der Waals surface area contributed by atoms with Crippen molar-refractivity contribution < 1.29 is 14.3 Å². The molecule has 1 atom stereocenters. The Balaban J connectivity index is 2.58. The molecule has 0 radical (unpaired) electrons. The van der Waals surface area contributed by atoms with E-state index in [1.165, 1.54) is 7.11 Å². The van der Waals surface area contributed by atoms with Crippen LogP contribution in [0.15, 0.2) is 24.3 Å². The largest absolute Gasteiger partial charge is 0.494 e. The Morgan fingerprint density at radius 1 is 1.47 bits per heavy atom. The number of hydrogen-bond donors (Lipinski definition) is 1. The van der Waals surface area contributed by atoms with Crippen LogP contribution in [-0.2, 0) is 9.53 Å². The monoisotopic (exact) mass is 237 g/mol. The summed E-state index contributed by atoms with van der Waals surface area (Å²) >= 11 is 0. The maximum absolute atomic E-state index is 11.0. The SMILES string of the molecule is CCOc1cccc(C(N)CCC(=O)OC)c1.